The zero-order valence-electron chi connectivity index (χ0n) is 19.8. The van der Waals surface area contributed by atoms with E-state index in [1.54, 1.807) is 11.5 Å². The third kappa shape index (κ3) is 6.77. The molecule has 0 aromatic carbocycles. The molecule has 0 saturated carbocycles. The predicted octanol–water partition coefficient (Wildman–Crippen LogP) is -0.220. The zero-order valence-corrected chi connectivity index (χ0v) is 21.6. The van der Waals surface area contributed by atoms with Crippen molar-refractivity contribution in [2.24, 2.45) is 0 Å². The Hall–Kier alpha value is -3.28. The minimum absolute atomic E-state index is 0.0552. The highest BCUT2D eigenvalue weighted by molar-refractivity contribution is 7.63. The van der Waals surface area contributed by atoms with Crippen molar-refractivity contribution in [3.63, 3.8) is 0 Å². The maximum absolute atomic E-state index is 12.3. The lowest BCUT2D eigenvalue weighted by Gasteiger charge is -2.19. The lowest BCUT2D eigenvalue weighted by atomic mass is 10.4. The average molecular weight is 574 g/mol. The molecule has 0 aliphatic carbocycles. The lowest BCUT2D eigenvalue weighted by Crippen LogP contribution is -2.17. The van der Waals surface area contributed by atoms with Crippen molar-refractivity contribution in [3.8, 4) is 0 Å². The summed E-state index contributed by atoms with van der Waals surface area (Å²) in [6.07, 6.45) is 2.51. The molecule has 0 fully saturated rings. The predicted molar refractivity (Wildman–Crippen MR) is 130 cm³/mol. The fraction of sp³-hybridized carbons (Fsp3) is 0.412. The lowest BCUT2D eigenvalue weighted by molar-refractivity contribution is 0.0463. The number of phosphoric acid groups is 1. The van der Waals surface area contributed by atoms with Gasteiger partial charge >= 0.3 is 15.4 Å². The van der Waals surface area contributed by atoms with E-state index in [0.717, 1.165) is 0 Å². The van der Waals surface area contributed by atoms with Gasteiger partial charge in [0, 0.05) is 0 Å². The highest BCUT2D eigenvalue weighted by atomic mass is 31.3. The Morgan fingerprint density at radius 1 is 1.05 bits per heavy atom. The third-order valence-corrected chi connectivity index (χ3v) is 7.67. The van der Waals surface area contributed by atoms with Crippen molar-refractivity contribution in [1.82, 2.24) is 39.0 Å². The molecule has 0 saturated heterocycles. The van der Waals surface area contributed by atoms with Gasteiger partial charge in [0.15, 0.2) is 22.6 Å². The Morgan fingerprint density at radius 3 is 2.58 bits per heavy atom. The number of aromatic nitrogens is 8. The minimum Gasteiger partial charge on any atom is -0.382 e. The first-order chi connectivity index (χ1) is 17.9. The van der Waals surface area contributed by atoms with Gasteiger partial charge in [0.1, 0.15) is 24.9 Å². The number of fused-ring (bicyclic) bond motifs is 2. The van der Waals surface area contributed by atoms with Gasteiger partial charge in [0.25, 0.3) is 5.56 Å². The van der Waals surface area contributed by atoms with Crippen LogP contribution in [0.25, 0.3) is 22.3 Å². The maximum Gasteiger partial charge on any atom is 0.479 e. The number of hydrogen-bond acceptors (Lipinski definition) is 14. The van der Waals surface area contributed by atoms with Gasteiger partial charge in [-0.1, -0.05) is 0 Å². The Balaban J connectivity index is 1.21. The van der Waals surface area contributed by atoms with Crippen LogP contribution in [0.3, 0.4) is 0 Å². The molecule has 7 N–H and O–H groups in total. The number of hydrogen-bond donors (Lipinski definition) is 5. The first-order valence-corrected chi connectivity index (χ1v) is 14.0. The van der Waals surface area contributed by atoms with Crippen LogP contribution in [0, 0.1) is 0 Å². The summed E-state index contributed by atoms with van der Waals surface area (Å²) in [5, 5.41) is 0. The summed E-state index contributed by atoms with van der Waals surface area (Å²) < 4.78 is 47.1. The molecule has 0 amide bonds. The van der Waals surface area contributed by atoms with Gasteiger partial charge in [-0.2, -0.15) is 4.98 Å². The van der Waals surface area contributed by atoms with E-state index in [1.165, 1.54) is 23.5 Å². The molecular formula is C17H24N10O9P2. The molecule has 0 spiro atoms. The van der Waals surface area contributed by atoms with E-state index in [2.05, 4.69) is 38.7 Å². The van der Waals surface area contributed by atoms with Crippen molar-refractivity contribution in [3.05, 3.63) is 29.3 Å². The quantitative estimate of drug-likeness (QED) is 0.102. The summed E-state index contributed by atoms with van der Waals surface area (Å²) in [6, 6.07) is 0. The molecule has 0 aliphatic heterocycles. The van der Waals surface area contributed by atoms with Gasteiger partial charge in [0.2, 0.25) is 5.95 Å². The molecule has 21 heteroatoms. The minimum atomic E-state index is -4.93. The number of ether oxygens (including phenoxy) is 2. The van der Waals surface area contributed by atoms with E-state index in [9.17, 15) is 23.7 Å². The summed E-state index contributed by atoms with van der Waals surface area (Å²) >= 11 is 0. The van der Waals surface area contributed by atoms with Gasteiger partial charge in [-0.05, 0) is 6.92 Å². The molecular weight excluding hydrogens is 550 g/mol. The molecule has 4 aromatic heterocycles. The summed E-state index contributed by atoms with van der Waals surface area (Å²) in [5.41, 5.74) is 11.8. The Morgan fingerprint density at radius 2 is 1.79 bits per heavy atom. The van der Waals surface area contributed by atoms with Crippen LogP contribution in [-0.2, 0) is 40.7 Å². The van der Waals surface area contributed by atoms with Crippen LogP contribution in [0.4, 0.5) is 11.8 Å². The molecule has 4 rings (SSSR count). The first-order valence-electron chi connectivity index (χ1n) is 10.8. The van der Waals surface area contributed by atoms with E-state index >= 15 is 0 Å². The van der Waals surface area contributed by atoms with Crippen LogP contribution in [0.1, 0.15) is 6.92 Å². The van der Waals surface area contributed by atoms with E-state index in [4.69, 9.17) is 20.9 Å². The standard InChI is InChI=1S/C17H24N10O9P2/c1-10(4-26-6-22-11-13(18)20-5-21-14(11)26)34-9-37(29,30)36-38(31,32)35-3-2-33-8-27-7-23-12-15(27)24-17(19)25-16(12)28/h5-7,10H,2-4,8-9H2,1H3,(H,29,30)(H,31,32)(H2,18,20,21)(H3,19,24,25,28)/t10-/m1/s1. The Bertz CT molecular complexity index is 1590. The SMILES string of the molecule is C[C@H](Cn1cnc2c(N)ncnc21)OCP(=O)(O)OP(=O)(O)OCCOCn1cnc2c(=O)[nH]c(N)nc21. The molecule has 0 aliphatic rings. The molecule has 0 bridgehead atoms. The van der Waals surface area contributed by atoms with Crippen molar-refractivity contribution in [1.29, 1.82) is 0 Å². The van der Waals surface area contributed by atoms with Gasteiger partial charge in [-0.25, -0.2) is 28.8 Å². The van der Waals surface area contributed by atoms with E-state index in [-0.39, 0.29) is 42.8 Å². The fourth-order valence-corrected chi connectivity index (χ4v) is 5.65. The van der Waals surface area contributed by atoms with Gasteiger partial charge < -0.3 is 35.3 Å². The molecule has 19 nitrogen and oxygen atoms in total. The second-order valence-corrected chi connectivity index (χ2v) is 11.2. The number of nitrogens with zero attached hydrogens (tertiary/aromatic N) is 7. The monoisotopic (exact) mass is 574 g/mol. The molecule has 206 valence electrons. The van der Waals surface area contributed by atoms with E-state index < -0.39 is 40.0 Å². The molecule has 4 heterocycles. The van der Waals surface area contributed by atoms with Crippen LogP contribution in [-0.4, -0.2) is 74.5 Å². The van der Waals surface area contributed by atoms with E-state index in [1.807, 2.05) is 0 Å². The number of nitrogen functional groups attached to an aromatic ring is 2. The number of nitrogens with two attached hydrogens (primary N) is 2. The van der Waals surface area contributed by atoms with Gasteiger partial charge in [-0.15, -0.1) is 0 Å². The molecule has 2 unspecified atom stereocenters. The number of H-pyrrole nitrogens is 1. The van der Waals surface area contributed by atoms with Gasteiger partial charge in [0.05, 0.1) is 38.5 Å². The van der Waals surface area contributed by atoms with Crippen molar-refractivity contribution < 1.29 is 37.2 Å². The second-order valence-electron chi connectivity index (χ2n) is 7.83. The molecule has 4 aromatic rings. The summed E-state index contributed by atoms with van der Waals surface area (Å²) in [5.74, 6) is 0.0986. The van der Waals surface area contributed by atoms with Crippen LogP contribution in [0.5, 0.6) is 0 Å². The first kappa shape index (κ1) is 27.7. The number of aromatic amines is 1. The van der Waals surface area contributed by atoms with Crippen molar-refractivity contribution in [2.45, 2.75) is 26.3 Å². The zero-order chi connectivity index (χ0) is 27.5. The number of phosphoric ester groups is 1. The Labute approximate surface area is 212 Å². The van der Waals surface area contributed by atoms with E-state index in [0.29, 0.717) is 11.2 Å². The van der Waals surface area contributed by atoms with Crippen molar-refractivity contribution >= 4 is 49.5 Å². The maximum atomic E-state index is 12.3. The third-order valence-electron chi connectivity index (χ3n) is 4.84. The topological polar surface area (TPSA) is 271 Å². The Kier molecular flexibility index (Phi) is 8.19. The smallest absolute Gasteiger partial charge is 0.382 e. The van der Waals surface area contributed by atoms with Crippen LogP contribution in [0.2, 0.25) is 0 Å². The summed E-state index contributed by atoms with van der Waals surface area (Å²) in [6.45, 7) is 0.961. The fourth-order valence-electron chi connectivity index (χ4n) is 3.23. The molecule has 3 atom stereocenters. The molecule has 38 heavy (non-hydrogen) atoms. The normalized spacial score (nSPS) is 16.0. The molecule has 0 radical (unpaired) electrons. The van der Waals surface area contributed by atoms with Crippen molar-refractivity contribution in [2.75, 3.05) is 31.0 Å². The van der Waals surface area contributed by atoms with Gasteiger partial charge in [-0.3, -0.25) is 23.4 Å². The summed E-state index contributed by atoms with van der Waals surface area (Å²) in [7, 11) is -9.62. The summed E-state index contributed by atoms with van der Waals surface area (Å²) in [4.78, 5) is 53.8. The second kappa shape index (κ2) is 11.2. The van der Waals surface area contributed by atoms with Crippen LogP contribution < -0.4 is 17.0 Å². The van der Waals surface area contributed by atoms with Crippen LogP contribution >= 0.6 is 15.4 Å². The average Bonchev–Trinajstić information content (AvgIpc) is 3.42. The largest absolute Gasteiger partial charge is 0.479 e. The van der Waals surface area contributed by atoms with Crippen LogP contribution in [0.15, 0.2) is 23.8 Å². The number of imidazole rings is 2. The number of rotatable bonds is 13. The number of anilines is 2. The number of nitrogens with one attached hydrogen (secondary N) is 1. The highest BCUT2D eigenvalue weighted by Gasteiger charge is 2.34. The highest BCUT2D eigenvalue weighted by Crippen LogP contribution is 2.59.